The highest BCUT2D eigenvalue weighted by molar-refractivity contribution is 6.32. The van der Waals surface area contributed by atoms with Gasteiger partial charge in [0.05, 0.1) is 16.3 Å². The summed E-state index contributed by atoms with van der Waals surface area (Å²) in [6.45, 7) is 3.69. The third kappa shape index (κ3) is 3.43. The maximum Gasteiger partial charge on any atom is 0.353 e. The fraction of sp³-hybridized carbons (Fsp3) is 0.348. The minimum Gasteiger partial charge on any atom is -0.488 e. The van der Waals surface area contributed by atoms with Crippen LogP contribution in [0, 0.1) is 0 Å². The van der Waals surface area contributed by atoms with Crippen LogP contribution in [0.15, 0.2) is 48.5 Å². The van der Waals surface area contributed by atoms with E-state index in [1.807, 2.05) is 13.8 Å². The lowest BCUT2D eigenvalue weighted by Crippen LogP contribution is -2.70. The van der Waals surface area contributed by atoms with E-state index in [0.717, 1.165) is 0 Å². The number of hydrogen-bond acceptors (Lipinski definition) is 5. The number of nitrogens with zero attached hydrogens (tertiary/aromatic N) is 2. The second kappa shape index (κ2) is 8.23. The molecule has 0 aromatic heterocycles. The molecule has 1 saturated heterocycles. The first-order chi connectivity index (χ1) is 14.9. The van der Waals surface area contributed by atoms with Gasteiger partial charge in [0.2, 0.25) is 11.6 Å². The number of amides is 2. The van der Waals surface area contributed by atoms with E-state index >= 15 is 0 Å². The average Bonchev–Trinajstić information content (AvgIpc) is 3.10. The molecule has 1 unspecified atom stereocenters. The van der Waals surface area contributed by atoms with Crippen LogP contribution in [0.1, 0.15) is 37.0 Å². The van der Waals surface area contributed by atoms with E-state index in [4.69, 9.17) is 21.1 Å². The highest BCUT2D eigenvalue weighted by Crippen LogP contribution is 2.45. The molecule has 0 spiro atoms. The van der Waals surface area contributed by atoms with Crippen molar-refractivity contribution >= 4 is 35.1 Å². The highest BCUT2D eigenvalue weighted by Gasteiger charge is 2.62. The van der Waals surface area contributed by atoms with Gasteiger partial charge in [0.15, 0.2) is 0 Å². The van der Waals surface area contributed by atoms with Gasteiger partial charge in [-0.3, -0.25) is 14.5 Å². The molecule has 2 aromatic rings. The third-order valence-electron chi connectivity index (χ3n) is 5.55. The van der Waals surface area contributed by atoms with Gasteiger partial charge < -0.3 is 14.4 Å². The van der Waals surface area contributed by atoms with Crippen LogP contribution in [0.4, 0.5) is 5.69 Å². The van der Waals surface area contributed by atoms with Crippen molar-refractivity contribution in [2.45, 2.75) is 38.4 Å². The summed E-state index contributed by atoms with van der Waals surface area (Å²) in [6, 6.07) is 13.5. The lowest BCUT2D eigenvalue weighted by atomic mass is 9.95. The minimum atomic E-state index is -1.50. The second-order valence-corrected chi connectivity index (χ2v) is 8.15. The van der Waals surface area contributed by atoms with Gasteiger partial charge in [0, 0.05) is 18.9 Å². The molecular weight excluding hydrogens is 420 g/mol. The van der Waals surface area contributed by atoms with E-state index in [1.54, 1.807) is 48.5 Å². The summed E-state index contributed by atoms with van der Waals surface area (Å²) in [5.74, 6) is -0.657. The molecule has 2 heterocycles. The number of carbonyl (C=O) groups is 3. The molecule has 31 heavy (non-hydrogen) atoms. The summed E-state index contributed by atoms with van der Waals surface area (Å²) in [6.07, 6.45) is 0.324. The molecule has 2 amide bonds. The average molecular weight is 443 g/mol. The number of anilines is 1. The molecule has 1 atom stereocenters. The molecule has 162 valence electrons. The number of rotatable bonds is 6. The minimum absolute atomic E-state index is 0.0460. The number of esters is 1. The molecule has 2 aliphatic heterocycles. The van der Waals surface area contributed by atoms with E-state index in [2.05, 4.69) is 0 Å². The Hall–Kier alpha value is -3.06. The zero-order valence-corrected chi connectivity index (χ0v) is 18.1. The number of ether oxygens (including phenoxy) is 2. The Morgan fingerprint density at radius 3 is 2.55 bits per heavy atom. The molecule has 0 N–H and O–H groups in total. The van der Waals surface area contributed by atoms with E-state index in [0.29, 0.717) is 22.0 Å². The van der Waals surface area contributed by atoms with Crippen LogP contribution in [-0.4, -0.2) is 47.6 Å². The van der Waals surface area contributed by atoms with Gasteiger partial charge in [-0.2, -0.15) is 0 Å². The van der Waals surface area contributed by atoms with E-state index in [1.165, 1.54) is 9.80 Å². The van der Waals surface area contributed by atoms with Gasteiger partial charge in [0.1, 0.15) is 19.0 Å². The SMILES string of the molecule is CC(C)N1C(=O)c2ccccc2N2C(=O)CCC21C(=O)OCCOc1ccccc1Cl. The third-order valence-corrected chi connectivity index (χ3v) is 5.87. The summed E-state index contributed by atoms with van der Waals surface area (Å²) >= 11 is 6.07. The lowest BCUT2D eigenvalue weighted by molar-refractivity contribution is -0.159. The zero-order valence-electron chi connectivity index (χ0n) is 17.3. The van der Waals surface area contributed by atoms with Crippen molar-refractivity contribution in [3.05, 3.63) is 59.1 Å². The van der Waals surface area contributed by atoms with Crippen molar-refractivity contribution in [1.29, 1.82) is 0 Å². The molecule has 0 aliphatic carbocycles. The Morgan fingerprint density at radius 2 is 1.81 bits per heavy atom. The van der Waals surface area contributed by atoms with Crippen LogP contribution in [0.25, 0.3) is 0 Å². The maximum absolute atomic E-state index is 13.4. The number of benzene rings is 2. The molecule has 2 aromatic carbocycles. The maximum atomic E-state index is 13.4. The Kier molecular flexibility index (Phi) is 5.62. The first-order valence-electron chi connectivity index (χ1n) is 10.2. The van der Waals surface area contributed by atoms with E-state index in [-0.39, 0.29) is 43.9 Å². The predicted molar refractivity (Wildman–Crippen MR) is 115 cm³/mol. The van der Waals surface area contributed by atoms with Crippen LogP contribution < -0.4 is 9.64 Å². The van der Waals surface area contributed by atoms with Crippen LogP contribution in [0.3, 0.4) is 0 Å². The fourth-order valence-electron chi connectivity index (χ4n) is 4.34. The van der Waals surface area contributed by atoms with E-state index in [9.17, 15) is 14.4 Å². The Balaban J connectivity index is 1.59. The first kappa shape index (κ1) is 21.2. The Bertz CT molecular complexity index is 1040. The largest absolute Gasteiger partial charge is 0.488 e. The Labute approximate surface area is 185 Å². The molecule has 0 saturated carbocycles. The van der Waals surface area contributed by atoms with Gasteiger partial charge in [-0.05, 0) is 38.1 Å². The van der Waals surface area contributed by atoms with Crippen LogP contribution >= 0.6 is 11.6 Å². The first-order valence-corrected chi connectivity index (χ1v) is 10.6. The van der Waals surface area contributed by atoms with Crippen molar-refractivity contribution < 1.29 is 23.9 Å². The van der Waals surface area contributed by atoms with Gasteiger partial charge in [-0.25, -0.2) is 4.79 Å². The predicted octanol–water partition coefficient (Wildman–Crippen LogP) is 3.65. The van der Waals surface area contributed by atoms with Crippen molar-refractivity contribution in [2.75, 3.05) is 18.1 Å². The molecule has 0 bridgehead atoms. The summed E-state index contributed by atoms with van der Waals surface area (Å²) in [5.41, 5.74) is -0.658. The normalized spacial score (nSPS) is 20.0. The van der Waals surface area contributed by atoms with E-state index < -0.39 is 11.6 Å². The fourth-order valence-corrected chi connectivity index (χ4v) is 4.53. The number of carbonyl (C=O) groups excluding carboxylic acids is 3. The summed E-state index contributed by atoms with van der Waals surface area (Å²) < 4.78 is 11.1. The standard InChI is InChI=1S/C23H23ClN2O5/c1-15(2)25-21(28)16-7-3-5-9-18(16)26-20(27)11-12-23(25,26)22(29)31-14-13-30-19-10-6-4-8-17(19)24/h3-10,15H,11-14H2,1-2H3. The molecule has 1 fully saturated rings. The highest BCUT2D eigenvalue weighted by atomic mass is 35.5. The van der Waals surface area contributed by atoms with Gasteiger partial charge >= 0.3 is 5.97 Å². The van der Waals surface area contributed by atoms with Gasteiger partial charge in [-0.15, -0.1) is 0 Å². The van der Waals surface area contributed by atoms with Crippen molar-refractivity contribution in [3.8, 4) is 5.75 Å². The number of halogens is 1. The number of hydrogen-bond donors (Lipinski definition) is 0. The van der Waals surface area contributed by atoms with Crippen LogP contribution in [0.5, 0.6) is 5.75 Å². The van der Waals surface area contributed by atoms with Crippen LogP contribution in [0.2, 0.25) is 5.02 Å². The molecule has 7 nitrogen and oxygen atoms in total. The summed E-state index contributed by atoms with van der Waals surface area (Å²) in [7, 11) is 0. The molecule has 8 heteroatoms. The second-order valence-electron chi connectivity index (χ2n) is 7.75. The van der Waals surface area contributed by atoms with Gasteiger partial charge in [-0.1, -0.05) is 35.9 Å². The molecule has 2 aliphatic rings. The quantitative estimate of drug-likeness (QED) is 0.504. The Morgan fingerprint density at radius 1 is 1.10 bits per heavy atom. The van der Waals surface area contributed by atoms with Crippen molar-refractivity contribution in [2.24, 2.45) is 0 Å². The number of para-hydroxylation sites is 2. The van der Waals surface area contributed by atoms with Crippen LogP contribution in [-0.2, 0) is 14.3 Å². The zero-order chi connectivity index (χ0) is 22.2. The monoisotopic (exact) mass is 442 g/mol. The van der Waals surface area contributed by atoms with Crippen molar-refractivity contribution in [1.82, 2.24) is 4.90 Å². The number of fused-ring (bicyclic) bond motifs is 3. The lowest BCUT2D eigenvalue weighted by Gasteiger charge is -2.50. The van der Waals surface area contributed by atoms with Gasteiger partial charge in [0.25, 0.3) is 5.91 Å². The summed E-state index contributed by atoms with van der Waals surface area (Å²) in [4.78, 5) is 42.5. The van der Waals surface area contributed by atoms with Crippen molar-refractivity contribution in [3.63, 3.8) is 0 Å². The summed E-state index contributed by atoms with van der Waals surface area (Å²) in [5, 5.41) is 0.459. The molecule has 0 radical (unpaired) electrons. The topological polar surface area (TPSA) is 76.2 Å². The molecule has 4 rings (SSSR count). The molecular formula is C23H23ClN2O5. The smallest absolute Gasteiger partial charge is 0.353 e.